The number of carbonyl (C=O) groups excluding carboxylic acids is 1. The highest BCUT2D eigenvalue weighted by Crippen LogP contribution is 2.30. The number of aromatic nitrogens is 1. The van der Waals surface area contributed by atoms with Crippen LogP contribution in [0.1, 0.15) is 23.2 Å². The number of nitrogens with zero attached hydrogens (tertiary/aromatic N) is 3. The van der Waals surface area contributed by atoms with Gasteiger partial charge < -0.3 is 4.90 Å². The first-order valence-corrected chi connectivity index (χ1v) is 9.80. The van der Waals surface area contributed by atoms with E-state index in [1.807, 2.05) is 47.4 Å². The average Bonchev–Trinajstić information content (AvgIpc) is 3.47. The van der Waals surface area contributed by atoms with Gasteiger partial charge in [0.25, 0.3) is 5.91 Å². The highest BCUT2D eigenvalue weighted by atomic mass is 32.2. The van der Waals surface area contributed by atoms with Gasteiger partial charge in [0.1, 0.15) is 5.03 Å². The number of amides is 1. The van der Waals surface area contributed by atoms with E-state index >= 15 is 0 Å². The highest BCUT2D eigenvalue weighted by Gasteiger charge is 2.27. The number of hydrogen-bond acceptors (Lipinski definition) is 4. The van der Waals surface area contributed by atoms with Gasteiger partial charge in [0.15, 0.2) is 0 Å². The predicted molar refractivity (Wildman–Crippen MR) is 99.9 cm³/mol. The summed E-state index contributed by atoms with van der Waals surface area (Å²) >= 11 is 1.61. The molecule has 4 nitrogen and oxygen atoms in total. The SMILES string of the molecule is O=C(c1ccc(Sc2ccccn2)cc1)N1CCN(CC2CC2)CC1. The van der Waals surface area contributed by atoms with E-state index in [9.17, 15) is 4.79 Å². The number of benzene rings is 1. The third kappa shape index (κ3) is 4.41. The first kappa shape index (κ1) is 16.6. The molecule has 1 saturated heterocycles. The van der Waals surface area contributed by atoms with Crippen LogP contribution in [0.3, 0.4) is 0 Å². The molecule has 1 saturated carbocycles. The van der Waals surface area contributed by atoms with Gasteiger partial charge in [0, 0.05) is 49.4 Å². The first-order valence-electron chi connectivity index (χ1n) is 8.98. The molecule has 2 aromatic rings. The van der Waals surface area contributed by atoms with Crippen LogP contribution in [0.25, 0.3) is 0 Å². The number of piperazine rings is 1. The summed E-state index contributed by atoms with van der Waals surface area (Å²) in [6.07, 6.45) is 4.58. The molecule has 4 rings (SSSR count). The maximum absolute atomic E-state index is 12.7. The van der Waals surface area contributed by atoms with Crippen molar-refractivity contribution in [1.29, 1.82) is 0 Å². The van der Waals surface area contributed by atoms with Crippen LogP contribution in [-0.4, -0.2) is 53.4 Å². The fourth-order valence-electron chi connectivity index (χ4n) is 3.18. The van der Waals surface area contributed by atoms with Crippen LogP contribution in [0.4, 0.5) is 0 Å². The van der Waals surface area contributed by atoms with Gasteiger partial charge >= 0.3 is 0 Å². The Kier molecular flexibility index (Phi) is 5.04. The highest BCUT2D eigenvalue weighted by molar-refractivity contribution is 7.99. The second kappa shape index (κ2) is 7.58. The summed E-state index contributed by atoms with van der Waals surface area (Å²) in [7, 11) is 0. The Labute approximate surface area is 153 Å². The largest absolute Gasteiger partial charge is 0.336 e. The van der Waals surface area contributed by atoms with E-state index in [0.29, 0.717) is 0 Å². The van der Waals surface area contributed by atoms with Crippen molar-refractivity contribution in [3.05, 3.63) is 54.2 Å². The lowest BCUT2D eigenvalue weighted by atomic mass is 10.2. The fraction of sp³-hybridized carbons (Fsp3) is 0.400. The van der Waals surface area contributed by atoms with Crippen LogP contribution < -0.4 is 0 Å². The van der Waals surface area contributed by atoms with Gasteiger partial charge in [-0.15, -0.1) is 0 Å². The molecule has 0 unspecified atom stereocenters. The third-order valence-electron chi connectivity index (χ3n) is 4.83. The zero-order valence-electron chi connectivity index (χ0n) is 14.3. The molecule has 0 N–H and O–H groups in total. The van der Waals surface area contributed by atoms with E-state index in [2.05, 4.69) is 9.88 Å². The summed E-state index contributed by atoms with van der Waals surface area (Å²) < 4.78 is 0. The van der Waals surface area contributed by atoms with Crippen molar-refractivity contribution in [3.8, 4) is 0 Å². The van der Waals surface area contributed by atoms with E-state index < -0.39 is 0 Å². The van der Waals surface area contributed by atoms with Crippen molar-refractivity contribution >= 4 is 17.7 Å². The average molecular weight is 353 g/mol. The van der Waals surface area contributed by atoms with E-state index in [0.717, 1.165) is 47.6 Å². The van der Waals surface area contributed by atoms with Gasteiger partial charge in [0.2, 0.25) is 0 Å². The molecule has 0 radical (unpaired) electrons. The zero-order chi connectivity index (χ0) is 17.1. The van der Waals surface area contributed by atoms with Crippen molar-refractivity contribution in [2.75, 3.05) is 32.7 Å². The molecular formula is C20H23N3OS. The maximum Gasteiger partial charge on any atom is 0.253 e. The molecule has 1 aromatic heterocycles. The van der Waals surface area contributed by atoms with Crippen molar-refractivity contribution in [1.82, 2.24) is 14.8 Å². The minimum Gasteiger partial charge on any atom is -0.336 e. The lowest BCUT2D eigenvalue weighted by Crippen LogP contribution is -2.49. The molecule has 0 atom stereocenters. The van der Waals surface area contributed by atoms with Gasteiger partial charge in [-0.3, -0.25) is 9.69 Å². The topological polar surface area (TPSA) is 36.4 Å². The standard InChI is InChI=1S/C20H23N3OS/c24-20(23-13-11-22(12-14-23)15-16-4-5-16)17-6-8-18(9-7-17)25-19-3-1-2-10-21-19/h1-3,6-10,16H,4-5,11-15H2. The van der Waals surface area contributed by atoms with Gasteiger partial charge in [-0.05, 0) is 55.2 Å². The molecule has 130 valence electrons. The van der Waals surface area contributed by atoms with Crippen LogP contribution in [0.5, 0.6) is 0 Å². The van der Waals surface area contributed by atoms with Crippen molar-refractivity contribution in [3.63, 3.8) is 0 Å². The molecule has 1 aliphatic heterocycles. The monoisotopic (exact) mass is 353 g/mol. The smallest absolute Gasteiger partial charge is 0.253 e. The minimum atomic E-state index is 0.153. The molecule has 1 amide bonds. The minimum absolute atomic E-state index is 0.153. The summed E-state index contributed by atoms with van der Waals surface area (Å²) in [5, 5.41) is 0.966. The molecule has 25 heavy (non-hydrogen) atoms. The number of pyridine rings is 1. The quantitative estimate of drug-likeness (QED) is 0.825. The van der Waals surface area contributed by atoms with Crippen LogP contribution in [0.2, 0.25) is 0 Å². The van der Waals surface area contributed by atoms with E-state index in [4.69, 9.17) is 0 Å². The summed E-state index contributed by atoms with van der Waals surface area (Å²) in [6.45, 7) is 4.93. The van der Waals surface area contributed by atoms with Gasteiger partial charge in [-0.2, -0.15) is 0 Å². The number of hydrogen-bond donors (Lipinski definition) is 0. The Morgan fingerprint density at radius 1 is 1.04 bits per heavy atom. The second-order valence-corrected chi connectivity index (χ2v) is 7.92. The molecule has 1 aliphatic carbocycles. The molecule has 1 aromatic carbocycles. The van der Waals surface area contributed by atoms with Crippen LogP contribution in [0.15, 0.2) is 58.6 Å². The van der Waals surface area contributed by atoms with E-state index in [-0.39, 0.29) is 5.91 Å². The fourth-order valence-corrected chi connectivity index (χ4v) is 3.95. The van der Waals surface area contributed by atoms with Crippen LogP contribution in [-0.2, 0) is 0 Å². The Morgan fingerprint density at radius 3 is 2.44 bits per heavy atom. The molecular weight excluding hydrogens is 330 g/mol. The van der Waals surface area contributed by atoms with Gasteiger partial charge in [-0.1, -0.05) is 17.8 Å². The first-order chi connectivity index (χ1) is 12.3. The second-order valence-electron chi connectivity index (χ2n) is 6.83. The molecule has 2 heterocycles. The van der Waals surface area contributed by atoms with Crippen LogP contribution >= 0.6 is 11.8 Å². The summed E-state index contributed by atoms with van der Waals surface area (Å²) in [4.78, 5) is 22.6. The Balaban J connectivity index is 1.32. The zero-order valence-corrected chi connectivity index (χ0v) is 15.1. The van der Waals surface area contributed by atoms with Crippen molar-refractivity contribution < 1.29 is 4.79 Å². The summed E-state index contributed by atoms with van der Waals surface area (Å²) in [6, 6.07) is 13.8. The molecule has 0 bridgehead atoms. The molecule has 0 spiro atoms. The lowest BCUT2D eigenvalue weighted by Gasteiger charge is -2.34. The van der Waals surface area contributed by atoms with Crippen molar-refractivity contribution in [2.24, 2.45) is 5.92 Å². The predicted octanol–water partition coefficient (Wildman–Crippen LogP) is 3.40. The number of rotatable bonds is 5. The van der Waals surface area contributed by atoms with Gasteiger partial charge in [0.05, 0.1) is 0 Å². The molecule has 2 aliphatic rings. The van der Waals surface area contributed by atoms with Crippen molar-refractivity contribution in [2.45, 2.75) is 22.8 Å². The summed E-state index contributed by atoms with van der Waals surface area (Å²) in [5.41, 5.74) is 0.779. The van der Waals surface area contributed by atoms with Gasteiger partial charge in [-0.25, -0.2) is 4.98 Å². The lowest BCUT2D eigenvalue weighted by molar-refractivity contribution is 0.0632. The Bertz CT molecular complexity index is 707. The van der Waals surface area contributed by atoms with E-state index in [1.54, 1.807) is 18.0 Å². The van der Waals surface area contributed by atoms with Crippen LogP contribution in [0, 0.1) is 5.92 Å². The molecule has 2 fully saturated rings. The Morgan fingerprint density at radius 2 is 1.80 bits per heavy atom. The Hall–Kier alpha value is -1.85. The molecule has 5 heteroatoms. The normalized spacial score (nSPS) is 18.3. The maximum atomic E-state index is 12.7. The number of carbonyl (C=O) groups is 1. The summed E-state index contributed by atoms with van der Waals surface area (Å²) in [5.74, 6) is 1.08. The third-order valence-corrected chi connectivity index (χ3v) is 5.79. The van der Waals surface area contributed by atoms with E-state index in [1.165, 1.54) is 19.4 Å².